The molecular weight excluding hydrogens is 281 g/mol. The lowest BCUT2D eigenvalue weighted by Crippen LogP contribution is -2.14. The molecule has 0 radical (unpaired) electrons. The summed E-state index contributed by atoms with van der Waals surface area (Å²) < 4.78 is 38.2. The molecule has 0 saturated heterocycles. The van der Waals surface area contributed by atoms with Crippen molar-refractivity contribution in [1.82, 2.24) is 0 Å². The van der Waals surface area contributed by atoms with E-state index in [2.05, 4.69) is 11.9 Å². The number of carbonyl (C=O) groups excluding carboxylic acids is 1. The van der Waals surface area contributed by atoms with Crippen molar-refractivity contribution in [3.63, 3.8) is 0 Å². The topological polar surface area (TPSA) is 52.9 Å². The highest BCUT2D eigenvalue weighted by molar-refractivity contribution is 6.34. The van der Waals surface area contributed by atoms with Gasteiger partial charge in [-0.05, 0) is 19.1 Å². The minimum atomic E-state index is -4.71. The monoisotopic (exact) mass is 288 g/mol. The number of hydrogen-bond donors (Lipinski definition) is 1. The maximum Gasteiger partial charge on any atom is 0.417 e. The molecule has 0 aliphatic rings. The second-order valence-corrected chi connectivity index (χ2v) is 4.13. The summed E-state index contributed by atoms with van der Waals surface area (Å²) in [6.45, 7) is 4.76. The second kappa shape index (κ2) is 5.33. The summed E-state index contributed by atoms with van der Waals surface area (Å²) in [7, 11) is 0. The van der Waals surface area contributed by atoms with Crippen molar-refractivity contribution in [3.8, 4) is 6.07 Å². The number of nitriles is 1. The van der Waals surface area contributed by atoms with E-state index in [1.54, 1.807) is 0 Å². The van der Waals surface area contributed by atoms with Crippen molar-refractivity contribution in [2.45, 2.75) is 13.1 Å². The second-order valence-electron chi connectivity index (χ2n) is 3.72. The molecule has 1 N–H and O–H groups in total. The first kappa shape index (κ1) is 15.1. The highest BCUT2D eigenvalue weighted by Gasteiger charge is 2.34. The number of halogens is 4. The van der Waals surface area contributed by atoms with E-state index in [0.717, 1.165) is 6.07 Å². The maximum absolute atomic E-state index is 12.7. The smallest absolute Gasteiger partial charge is 0.321 e. The Kier molecular flexibility index (Phi) is 4.22. The van der Waals surface area contributed by atoms with Crippen LogP contribution in [0.4, 0.5) is 18.9 Å². The quantitative estimate of drug-likeness (QED) is 0.843. The van der Waals surface area contributed by atoms with Gasteiger partial charge in [0.15, 0.2) is 0 Å². The summed E-state index contributed by atoms with van der Waals surface area (Å²) in [6, 6.07) is 2.90. The molecule has 0 aromatic heterocycles. The first-order valence-corrected chi connectivity index (χ1v) is 5.32. The van der Waals surface area contributed by atoms with Crippen LogP contribution in [0.5, 0.6) is 0 Å². The van der Waals surface area contributed by atoms with Crippen molar-refractivity contribution < 1.29 is 18.0 Å². The molecule has 1 aromatic rings. The molecule has 0 bridgehead atoms. The third-order valence-electron chi connectivity index (χ3n) is 2.17. The van der Waals surface area contributed by atoms with Gasteiger partial charge in [0.1, 0.15) is 0 Å². The highest BCUT2D eigenvalue weighted by atomic mass is 35.5. The fourth-order valence-electron chi connectivity index (χ4n) is 1.23. The van der Waals surface area contributed by atoms with Crippen LogP contribution >= 0.6 is 11.6 Å². The number of nitrogens with zero attached hydrogens (tertiary/aromatic N) is 1. The molecule has 0 aliphatic heterocycles. The number of amides is 1. The molecule has 0 atom stereocenters. The molecule has 0 aliphatic carbocycles. The van der Waals surface area contributed by atoms with Gasteiger partial charge < -0.3 is 5.32 Å². The van der Waals surface area contributed by atoms with Gasteiger partial charge in [-0.15, -0.1) is 0 Å². The predicted molar refractivity (Wildman–Crippen MR) is 64.6 cm³/mol. The maximum atomic E-state index is 12.7. The van der Waals surface area contributed by atoms with Crippen molar-refractivity contribution in [2.24, 2.45) is 0 Å². The van der Waals surface area contributed by atoms with Gasteiger partial charge in [0.2, 0.25) is 0 Å². The zero-order valence-corrected chi connectivity index (χ0v) is 10.5. The van der Waals surface area contributed by atoms with Gasteiger partial charge in [0, 0.05) is 5.57 Å². The molecule has 7 heteroatoms. The summed E-state index contributed by atoms with van der Waals surface area (Å²) in [5.41, 5.74) is -1.86. The molecule has 1 aromatic carbocycles. The van der Waals surface area contributed by atoms with Crippen LogP contribution in [-0.2, 0) is 11.0 Å². The van der Waals surface area contributed by atoms with Gasteiger partial charge in [-0.3, -0.25) is 4.79 Å². The van der Waals surface area contributed by atoms with E-state index in [1.807, 2.05) is 0 Å². The van der Waals surface area contributed by atoms with Crippen LogP contribution < -0.4 is 5.32 Å². The first-order chi connectivity index (χ1) is 8.66. The van der Waals surface area contributed by atoms with Crippen LogP contribution in [0.15, 0.2) is 24.3 Å². The molecule has 19 heavy (non-hydrogen) atoms. The Hall–Kier alpha value is -2.00. The van der Waals surface area contributed by atoms with Crippen molar-refractivity contribution in [2.75, 3.05) is 5.32 Å². The van der Waals surface area contributed by atoms with Gasteiger partial charge in [0.05, 0.1) is 27.9 Å². The summed E-state index contributed by atoms with van der Waals surface area (Å²) in [6.07, 6.45) is -4.71. The van der Waals surface area contributed by atoms with E-state index in [9.17, 15) is 18.0 Å². The highest BCUT2D eigenvalue weighted by Crippen LogP contribution is 2.36. The Balaban J connectivity index is 3.33. The lowest BCUT2D eigenvalue weighted by molar-refractivity contribution is -0.137. The van der Waals surface area contributed by atoms with Gasteiger partial charge in [-0.1, -0.05) is 18.2 Å². The molecular formula is C12H8ClF3N2O. The first-order valence-electron chi connectivity index (χ1n) is 4.94. The largest absolute Gasteiger partial charge is 0.417 e. The lowest BCUT2D eigenvalue weighted by atomic mass is 10.1. The van der Waals surface area contributed by atoms with Crippen LogP contribution in [0.25, 0.3) is 0 Å². The third-order valence-corrected chi connectivity index (χ3v) is 2.48. The zero-order chi connectivity index (χ0) is 14.8. The minimum absolute atomic E-state index is 0.119. The normalized spacial score (nSPS) is 10.7. The lowest BCUT2D eigenvalue weighted by Gasteiger charge is -2.13. The predicted octanol–water partition coefficient (Wildman–Crippen LogP) is 3.75. The average Bonchev–Trinajstić information content (AvgIpc) is 2.29. The fraction of sp³-hybridized carbons (Fsp3) is 0.167. The number of hydrogen-bond acceptors (Lipinski definition) is 2. The van der Waals surface area contributed by atoms with E-state index in [-0.39, 0.29) is 16.3 Å². The van der Waals surface area contributed by atoms with E-state index < -0.39 is 23.2 Å². The van der Waals surface area contributed by atoms with E-state index in [4.69, 9.17) is 16.9 Å². The SMILES string of the molecule is C=C(C)C(=O)Nc1cc(C(F)(F)F)c(C#N)cc1Cl. The van der Waals surface area contributed by atoms with Crippen LogP contribution in [0.3, 0.4) is 0 Å². The van der Waals surface area contributed by atoms with Crippen molar-refractivity contribution >= 4 is 23.2 Å². The molecule has 1 amide bonds. The Labute approximate surface area is 112 Å². The van der Waals surface area contributed by atoms with Crippen LogP contribution in [0, 0.1) is 11.3 Å². The zero-order valence-electron chi connectivity index (χ0n) is 9.73. The van der Waals surface area contributed by atoms with Gasteiger partial charge in [0.25, 0.3) is 5.91 Å². The molecule has 0 unspecified atom stereocenters. The Morgan fingerprint density at radius 2 is 2.05 bits per heavy atom. The number of benzene rings is 1. The van der Waals surface area contributed by atoms with Crippen molar-refractivity contribution in [3.05, 3.63) is 40.4 Å². The molecule has 100 valence electrons. The number of anilines is 1. The van der Waals surface area contributed by atoms with Gasteiger partial charge >= 0.3 is 6.18 Å². The molecule has 0 saturated carbocycles. The summed E-state index contributed by atoms with van der Waals surface area (Å²) in [5.74, 6) is -0.653. The Bertz CT molecular complexity index is 588. The summed E-state index contributed by atoms with van der Waals surface area (Å²) >= 11 is 5.72. The number of nitrogens with one attached hydrogen (secondary N) is 1. The van der Waals surface area contributed by atoms with Gasteiger partial charge in [-0.25, -0.2) is 0 Å². The van der Waals surface area contributed by atoms with E-state index >= 15 is 0 Å². The Morgan fingerprint density at radius 1 is 1.47 bits per heavy atom. The molecule has 0 heterocycles. The van der Waals surface area contributed by atoms with Crippen LogP contribution in [0.1, 0.15) is 18.1 Å². The molecule has 0 fully saturated rings. The number of rotatable bonds is 2. The summed E-state index contributed by atoms with van der Waals surface area (Å²) in [4.78, 5) is 11.4. The minimum Gasteiger partial charge on any atom is -0.321 e. The standard InChI is InChI=1S/C12H8ClF3N2O/c1-6(2)11(19)18-10-4-8(12(14,15)16)7(5-17)3-9(10)13/h3-4H,1H2,2H3,(H,18,19). The average molecular weight is 289 g/mol. The fourth-order valence-corrected chi connectivity index (χ4v) is 1.44. The van der Waals surface area contributed by atoms with Crippen LogP contribution in [-0.4, -0.2) is 5.91 Å². The Morgan fingerprint density at radius 3 is 2.47 bits per heavy atom. The molecule has 1 rings (SSSR count). The molecule has 0 spiro atoms. The van der Waals surface area contributed by atoms with Crippen molar-refractivity contribution in [1.29, 1.82) is 5.26 Å². The summed E-state index contributed by atoms with van der Waals surface area (Å²) in [5, 5.41) is 10.7. The number of carbonyl (C=O) groups is 1. The van der Waals surface area contributed by atoms with Crippen LogP contribution in [0.2, 0.25) is 5.02 Å². The van der Waals surface area contributed by atoms with Gasteiger partial charge in [-0.2, -0.15) is 18.4 Å². The molecule has 3 nitrogen and oxygen atoms in total. The van der Waals surface area contributed by atoms with E-state index in [1.165, 1.54) is 13.0 Å². The third kappa shape index (κ3) is 3.48. The number of alkyl halides is 3. The van der Waals surface area contributed by atoms with E-state index in [0.29, 0.717) is 6.07 Å².